The van der Waals surface area contributed by atoms with Gasteiger partial charge in [-0.25, -0.2) is 0 Å². The van der Waals surface area contributed by atoms with Crippen molar-refractivity contribution < 1.29 is 19.7 Å². The number of ether oxygens (including phenoxy) is 2. The molecule has 0 amide bonds. The van der Waals surface area contributed by atoms with Crippen molar-refractivity contribution in [3.05, 3.63) is 0 Å². The number of hydrogen-bond donors (Lipinski definition) is 2. The van der Waals surface area contributed by atoms with Crippen molar-refractivity contribution in [1.29, 1.82) is 0 Å². The van der Waals surface area contributed by atoms with Crippen LogP contribution in [0.4, 0.5) is 0 Å². The minimum Gasteiger partial charge on any atom is -0.394 e. The van der Waals surface area contributed by atoms with E-state index in [1.807, 2.05) is 0 Å². The molecule has 2 atom stereocenters. The average Bonchev–Trinajstić information content (AvgIpc) is 2.85. The number of hydrogen-bond acceptors (Lipinski definition) is 4. The van der Waals surface area contributed by atoms with Crippen LogP contribution in [0, 0.1) is 0 Å². The van der Waals surface area contributed by atoms with Crippen molar-refractivity contribution in [2.24, 2.45) is 0 Å². The molecule has 2 N–H and O–H groups in total. The summed E-state index contributed by atoms with van der Waals surface area (Å²) < 4.78 is 11.4. The van der Waals surface area contributed by atoms with E-state index in [0.29, 0.717) is 26.1 Å². The molecule has 206 valence electrons. The minimum absolute atomic E-state index is 0.0317. The van der Waals surface area contributed by atoms with Crippen molar-refractivity contribution in [3.8, 4) is 0 Å². The Balaban J connectivity index is 3.38. The highest BCUT2D eigenvalue weighted by atomic mass is 16.5. The monoisotopic (exact) mass is 486 g/mol. The molecule has 0 aliphatic rings. The van der Waals surface area contributed by atoms with Gasteiger partial charge in [0.2, 0.25) is 0 Å². The molecule has 0 aromatic carbocycles. The molecule has 0 aliphatic heterocycles. The molecule has 0 heterocycles. The van der Waals surface area contributed by atoms with Crippen LogP contribution in [0.25, 0.3) is 0 Å². The maximum Gasteiger partial charge on any atom is 0.0806 e. The Morgan fingerprint density at radius 2 is 0.941 bits per heavy atom. The summed E-state index contributed by atoms with van der Waals surface area (Å²) in [6.07, 6.45) is 27.2. The summed E-state index contributed by atoms with van der Waals surface area (Å²) in [4.78, 5) is 0. The Bertz CT molecular complexity index is 364. The van der Waals surface area contributed by atoms with E-state index in [4.69, 9.17) is 9.47 Å². The van der Waals surface area contributed by atoms with Gasteiger partial charge in [-0.15, -0.1) is 0 Å². The Morgan fingerprint density at radius 3 is 1.38 bits per heavy atom. The molecule has 0 saturated carbocycles. The lowest BCUT2D eigenvalue weighted by molar-refractivity contribution is -0.0139. The highest BCUT2D eigenvalue weighted by Gasteiger charge is 2.12. The van der Waals surface area contributed by atoms with Crippen molar-refractivity contribution in [3.63, 3.8) is 0 Å². The van der Waals surface area contributed by atoms with Crippen LogP contribution in [0.5, 0.6) is 0 Å². The van der Waals surface area contributed by atoms with Gasteiger partial charge in [0.15, 0.2) is 0 Å². The Morgan fingerprint density at radius 1 is 0.529 bits per heavy atom. The van der Waals surface area contributed by atoms with Gasteiger partial charge in [-0.05, 0) is 25.7 Å². The smallest absolute Gasteiger partial charge is 0.0806 e. The third kappa shape index (κ3) is 26.4. The minimum atomic E-state index is -0.459. The van der Waals surface area contributed by atoms with E-state index in [0.717, 1.165) is 19.4 Å². The normalized spacial score (nSPS) is 13.4. The number of rotatable bonds is 29. The van der Waals surface area contributed by atoms with Crippen LogP contribution in [-0.4, -0.2) is 48.8 Å². The van der Waals surface area contributed by atoms with Gasteiger partial charge in [0.1, 0.15) is 0 Å². The first kappa shape index (κ1) is 33.8. The van der Waals surface area contributed by atoms with Crippen molar-refractivity contribution in [1.82, 2.24) is 0 Å². The molecule has 0 radical (unpaired) electrons. The zero-order valence-electron chi connectivity index (χ0n) is 23.3. The van der Waals surface area contributed by atoms with Crippen LogP contribution < -0.4 is 0 Å². The SMILES string of the molecule is CCCCCCCCCCCCCCCCOC(CO)CCC(O)COCCCCCCCC. The molecule has 0 spiro atoms. The lowest BCUT2D eigenvalue weighted by Gasteiger charge is -2.18. The lowest BCUT2D eigenvalue weighted by atomic mass is 10.0. The van der Waals surface area contributed by atoms with Gasteiger partial charge in [-0.1, -0.05) is 129 Å². The number of aliphatic hydroxyl groups excluding tert-OH is 2. The fourth-order valence-electron chi connectivity index (χ4n) is 4.44. The van der Waals surface area contributed by atoms with Crippen molar-refractivity contribution in [2.45, 2.75) is 167 Å². The molecular weight excluding hydrogens is 424 g/mol. The second kappa shape index (κ2) is 29.1. The summed E-state index contributed by atoms with van der Waals surface area (Å²) >= 11 is 0. The topological polar surface area (TPSA) is 58.9 Å². The van der Waals surface area contributed by atoms with Gasteiger partial charge >= 0.3 is 0 Å². The van der Waals surface area contributed by atoms with Crippen LogP contribution in [0.1, 0.15) is 155 Å². The Kier molecular flexibility index (Phi) is 28.9. The second-order valence-electron chi connectivity index (χ2n) is 10.3. The molecule has 34 heavy (non-hydrogen) atoms. The Labute approximate surface area is 213 Å². The summed E-state index contributed by atoms with van der Waals surface area (Å²) in [6.45, 7) is 6.39. The van der Waals surface area contributed by atoms with Crippen LogP contribution in [0.2, 0.25) is 0 Å². The summed E-state index contributed by atoms with van der Waals surface area (Å²) in [7, 11) is 0. The molecule has 0 fully saturated rings. The molecule has 0 saturated heterocycles. The predicted molar refractivity (Wildman–Crippen MR) is 147 cm³/mol. The molecule has 0 aromatic heterocycles. The summed E-state index contributed by atoms with van der Waals surface area (Å²) in [6, 6.07) is 0. The van der Waals surface area contributed by atoms with Gasteiger partial charge in [0.05, 0.1) is 25.4 Å². The number of unbranched alkanes of at least 4 members (excludes halogenated alkanes) is 18. The molecule has 2 unspecified atom stereocenters. The zero-order valence-corrected chi connectivity index (χ0v) is 23.3. The first-order valence-corrected chi connectivity index (χ1v) is 15.2. The van der Waals surface area contributed by atoms with Crippen LogP contribution >= 0.6 is 0 Å². The van der Waals surface area contributed by atoms with Crippen molar-refractivity contribution >= 4 is 0 Å². The molecule has 4 heteroatoms. The zero-order chi connectivity index (χ0) is 25.0. The van der Waals surface area contributed by atoms with Gasteiger partial charge in [0.25, 0.3) is 0 Å². The van der Waals surface area contributed by atoms with Crippen molar-refractivity contribution in [2.75, 3.05) is 26.4 Å². The van der Waals surface area contributed by atoms with Gasteiger partial charge in [-0.3, -0.25) is 0 Å². The first-order chi connectivity index (χ1) is 16.7. The van der Waals surface area contributed by atoms with E-state index >= 15 is 0 Å². The van der Waals surface area contributed by atoms with E-state index in [1.54, 1.807) is 0 Å². The molecule has 4 nitrogen and oxygen atoms in total. The van der Waals surface area contributed by atoms with E-state index < -0.39 is 6.10 Å². The number of aliphatic hydroxyl groups is 2. The highest BCUT2D eigenvalue weighted by molar-refractivity contribution is 4.62. The van der Waals surface area contributed by atoms with E-state index in [2.05, 4.69) is 13.8 Å². The molecule has 0 aliphatic carbocycles. The summed E-state index contributed by atoms with van der Waals surface area (Å²) in [5.74, 6) is 0. The highest BCUT2D eigenvalue weighted by Crippen LogP contribution is 2.13. The van der Waals surface area contributed by atoms with Crippen LogP contribution in [0.15, 0.2) is 0 Å². The summed E-state index contributed by atoms with van der Waals surface area (Å²) in [5, 5.41) is 19.7. The first-order valence-electron chi connectivity index (χ1n) is 15.2. The summed E-state index contributed by atoms with van der Waals surface area (Å²) in [5.41, 5.74) is 0. The van der Waals surface area contributed by atoms with E-state index in [-0.39, 0.29) is 12.7 Å². The lowest BCUT2D eigenvalue weighted by Crippen LogP contribution is -2.23. The van der Waals surface area contributed by atoms with Crippen LogP contribution in [-0.2, 0) is 9.47 Å². The predicted octanol–water partition coefficient (Wildman–Crippen LogP) is 8.36. The Hall–Kier alpha value is -0.160. The molecule has 0 rings (SSSR count). The van der Waals surface area contributed by atoms with E-state index in [1.165, 1.54) is 116 Å². The maximum atomic E-state index is 10.1. The standard InChI is InChI=1S/C30H62O4/c1-3-5-7-9-11-12-13-14-15-16-17-18-20-22-26-34-30(27-31)24-23-29(32)28-33-25-21-19-10-8-6-4-2/h29-32H,3-28H2,1-2H3. The maximum absolute atomic E-state index is 10.1. The van der Waals surface area contributed by atoms with E-state index in [9.17, 15) is 10.2 Å². The second-order valence-corrected chi connectivity index (χ2v) is 10.3. The third-order valence-corrected chi connectivity index (χ3v) is 6.83. The fraction of sp³-hybridized carbons (Fsp3) is 1.00. The third-order valence-electron chi connectivity index (χ3n) is 6.83. The molecule has 0 bridgehead atoms. The van der Waals surface area contributed by atoms with Gasteiger partial charge in [-0.2, -0.15) is 0 Å². The molecular formula is C30H62O4. The van der Waals surface area contributed by atoms with Gasteiger partial charge in [0, 0.05) is 13.2 Å². The average molecular weight is 487 g/mol. The quantitative estimate of drug-likeness (QED) is 0.104. The fourth-order valence-corrected chi connectivity index (χ4v) is 4.44. The van der Waals surface area contributed by atoms with Crippen LogP contribution in [0.3, 0.4) is 0 Å². The largest absolute Gasteiger partial charge is 0.394 e. The van der Waals surface area contributed by atoms with Gasteiger partial charge < -0.3 is 19.7 Å². The molecule has 0 aromatic rings.